The molecule has 0 heterocycles. The van der Waals surface area contributed by atoms with Gasteiger partial charge in [0.1, 0.15) is 11.5 Å². The molecule has 24 heavy (non-hydrogen) atoms. The highest BCUT2D eigenvalue weighted by molar-refractivity contribution is 5.85. The van der Waals surface area contributed by atoms with Crippen LogP contribution in [0.2, 0.25) is 0 Å². The van der Waals surface area contributed by atoms with E-state index in [0.717, 1.165) is 5.56 Å². The number of ether oxygens (including phenoxy) is 3. The molecule has 2 aromatic rings. The number of aliphatic imine (C=N–C) groups is 1. The van der Waals surface area contributed by atoms with Gasteiger partial charge in [0.25, 0.3) is 0 Å². The zero-order valence-corrected chi connectivity index (χ0v) is 14.1. The third-order valence-corrected chi connectivity index (χ3v) is 3.42. The molecule has 1 atom stereocenters. The molecule has 0 aliphatic carbocycles. The van der Waals surface area contributed by atoms with Crippen LogP contribution < -0.4 is 9.47 Å². The SMILES string of the molecule is CCOC(=O)C(N=Cc1ccccc1)c1ccc(OC)cc1OC. The van der Waals surface area contributed by atoms with Crippen LogP contribution in [0.3, 0.4) is 0 Å². The molecule has 2 aromatic carbocycles. The molecular formula is C19H21NO4. The zero-order valence-electron chi connectivity index (χ0n) is 14.1. The maximum absolute atomic E-state index is 12.4. The van der Waals surface area contributed by atoms with Crippen molar-refractivity contribution >= 4 is 12.2 Å². The van der Waals surface area contributed by atoms with Crippen molar-refractivity contribution in [2.45, 2.75) is 13.0 Å². The van der Waals surface area contributed by atoms with Gasteiger partial charge in [-0.2, -0.15) is 0 Å². The first kappa shape index (κ1) is 17.5. The smallest absolute Gasteiger partial charge is 0.335 e. The largest absolute Gasteiger partial charge is 0.497 e. The second-order valence-corrected chi connectivity index (χ2v) is 4.95. The van der Waals surface area contributed by atoms with Crippen LogP contribution in [-0.2, 0) is 9.53 Å². The second-order valence-electron chi connectivity index (χ2n) is 4.95. The van der Waals surface area contributed by atoms with Gasteiger partial charge in [0.2, 0.25) is 0 Å². The summed E-state index contributed by atoms with van der Waals surface area (Å²) >= 11 is 0. The van der Waals surface area contributed by atoms with Gasteiger partial charge in [-0.25, -0.2) is 4.79 Å². The van der Waals surface area contributed by atoms with E-state index in [1.807, 2.05) is 30.3 Å². The average Bonchev–Trinajstić information content (AvgIpc) is 2.63. The summed E-state index contributed by atoms with van der Waals surface area (Å²) in [6, 6.07) is 14.0. The lowest BCUT2D eigenvalue weighted by atomic mass is 10.1. The van der Waals surface area contributed by atoms with Gasteiger partial charge in [-0.15, -0.1) is 0 Å². The van der Waals surface area contributed by atoms with Crippen molar-refractivity contribution in [2.75, 3.05) is 20.8 Å². The summed E-state index contributed by atoms with van der Waals surface area (Å²) in [5, 5.41) is 0. The Morgan fingerprint density at radius 2 is 1.88 bits per heavy atom. The van der Waals surface area contributed by atoms with Crippen molar-refractivity contribution in [3.63, 3.8) is 0 Å². The van der Waals surface area contributed by atoms with Crippen LogP contribution in [-0.4, -0.2) is 33.0 Å². The first-order valence-electron chi connectivity index (χ1n) is 7.66. The van der Waals surface area contributed by atoms with E-state index in [-0.39, 0.29) is 6.61 Å². The number of carbonyl (C=O) groups excluding carboxylic acids is 1. The minimum atomic E-state index is -0.800. The van der Waals surface area contributed by atoms with Gasteiger partial charge in [-0.3, -0.25) is 4.99 Å². The third-order valence-electron chi connectivity index (χ3n) is 3.42. The molecule has 126 valence electrons. The number of benzene rings is 2. The monoisotopic (exact) mass is 327 g/mol. The average molecular weight is 327 g/mol. The fourth-order valence-corrected chi connectivity index (χ4v) is 2.23. The number of rotatable bonds is 7. The molecule has 0 radical (unpaired) electrons. The highest BCUT2D eigenvalue weighted by Crippen LogP contribution is 2.32. The van der Waals surface area contributed by atoms with Crippen LogP contribution in [0.5, 0.6) is 11.5 Å². The molecule has 5 heteroatoms. The van der Waals surface area contributed by atoms with E-state index in [2.05, 4.69) is 4.99 Å². The van der Waals surface area contributed by atoms with Crippen LogP contribution in [0.25, 0.3) is 0 Å². The van der Waals surface area contributed by atoms with E-state index in [4.69, 9.17) is 14.2 Å². The lowest BCUT2D eigenvalue weighted by Crippen LogP contribution is -2.15. The third kappa shape index (κ3) is 4.35. The first-order chi connectivity index (χ1) is 11.7. The molecule has 0 aromatic heterocycles. The molecule has 0 N–H and O–H groups in total. The van der Waals surface area contributed by atoms with Crippen molar-refractivity contribution in [2.24, 2.45) is 4.99 Å². The first-order valence-corrected chi connectivity index (χ1v) is 7.66. The van der Waals surface area contributed by atoms with Gasteiger partial charge < -0.3 is 14.2 Å². The molecular weight excluding hydrogens is 306 g/mol. The summed E-state index contributed by atoms with van der Waals surface area (Å²) in [4.78, 5) is 16.8. The highest BCUT2D eigenvalue weighted by atomic mass is 16.5. The lowest BCUT2D eigenvalue weighted by Gasteiger charge is -2.16. The molecule has 1 unspecified atom stereocenters. The summed E-state index contributed by atoms with van der Waals surface area (Å²) in [6.07, 6.45) is 1.66. The van der Waals surface area contributed by atoms with Crippen LogP contribution in [0.1, 0.15) is 24.1 Å². The molecule has 0 fully saturated rings. The van der Waals surface area contributed by atoms with E-state index in [0.29, 0.717) is 17.1 Å². The normalized spacial score (nSPS) is 12.0. The van der Waals surface area contributed by atoms with Gasteiger partial charge in [-0.1, -0.05) is 30.3 Å². The van der Waals surface area contributed by atoms with Crippen molar-refractivity contribution in [1.82, 2.24) is 0 Å². The van der Waals surface area contributed by atoms with Gasteiger partial charge >= 0.3 is 5.97 Å². The molecule has 0 saturated heterocycles. The number of hydrogen-bond donors (Lipinski definition) is 0. The van der Waals surface area contributed by atoms with Gasteiger partial charge in [0, 0.05) is 17.8 Å². The fourth-order valence-electron chi connectivity index (χ4n) is 2.23. The maximum Gasteiger partial charge on any atom is 0.335 e. The molecule has 0 aliphatic heterocycles. The van der Waals surface area contributed by atoms with Crippen molar-refractivity contribution in [1.29, 1.82) is 0 Å². The summed E-state index contributed by atoms with van der Waals surface area (Å²) in [6.45, 7) is 2.05. The minimum absolute atomic E-state index is 0.286. The van der Waals surface area contributed by atoms with E-state index in [9.17, 15) is 4.79 Å². The van der Waals surface area contributed by atoms with E-state index in [1.165, 1.54) is 0 Å². The van der Waals surface area contributed by atoms with Crippen LogP contribution in [0.15, 0.2) is 53.5 Å². The number of esters is 1. The molecule has 0 bridgehead atoms. The Kier molecular flexibility index (Phi) is 6.37. The number of methoxy groups -OCH3 is 2. The van der Waals surface area contributed by atoms with Gasteiger partial charge in [0.05, 0.1) is 20.8 Å². The molecule has 5 nitrogen and oxygen atoms in total. The van der Waals surface area contributed by atoms with Crippen LogP contribution in [0.4, 0.5) is 0 Å². The van der Waals surface area contributed by atoms with Crippen LogP contribution >= 0.6 is 0 Å². The second kappa shape index (κ2) is 8.72. The van der Waals surface area contributed by atoms with Crippen molar-refractivity contribution in [3.05, 3.63) is 59.7 Å². The molecule has 0 amide bonds. The Bertz CT molecular complexity index is 698. The quantitative estimate of drug-likeness (QED) is 0.577. The standard InChI is InChI=1S/C19H21NO4/c1-4-24-19(21)18(20-13-14-8-6-5-7-9-14)16-11-10-15(22-2)12-17(16)23-3/h5-13,18H,4H2,1-3H3. The summed E-state index contributed by atoms with van der Waals surface area (Å²) in [5.41, 5.74) is 1.53. The van der Waals surface area contributed by atoms with E-state index in [1.54, 1.807) is 45.6 Å². The fraction of sp³-hybridized carbons (Fsp3) is 0.263. The number of nitrogens with zero attached hydrogens (tertiary/aromatic N) is 1. The Morgan fingerprint density at radius 1 is 1.12 bits per heavy atom. The predicted octanol–water partition coefficient (Wildman–Crippen LogP) is 3.43. The van der Waals surface area contributed by atoms with Crippen LogP contribution in [0, 0.1) is 0 Å². The maximum atomic E-state index is 12.4. The van der Waals surface area contributed by atoms with Crippen molar-refractivity contribution < 1.29 is 19.0 Å². The lowest BCUT2D eigenvalue weighted by molar-refractivity contribution is -0.144. The topological polar surface area (TPSA) is 57.1 Å². The number of carbonyl (C=O) groups is 1. The Morgan fingerprint density at radius 3 is 2.50 bits per heavy atom. The molecule has 0 saturated carbocycles. The Hall–Kier alpha value is -2.82. The van der Waals surface area contributed by atoms with Crippen molar-refractivity contribution in [3.8, 4) is 11.5 Å². The summed E-state index contributed by atoms with van der Waals surface area (Å²) < 4.78 is 15.7. The minimum Gasteiger partial charge on any atom is -0.497 e. The Labute approximate surface area is 141 Å². The Balaban J connectivity index is 2.39. The highest BCUT2D eigenvalue weighted by Gasteiger charge is 2.24. The predicted molar refractivity (Wildman–Crippen MR) is 93.0 cm³/mol. The van der Waals surface area contributed by atoms with Gasteiger partial charge in [0.15, 0.2) is 6.04 Å². The number of hydrogen-bond acceptors (Lipinski definition) is 5. The molecule has 0 aliphatic rings. The molecule has 2 rings (SSSR count). The summed E-state index contributed by atoms with van der Waals surface area (Å²) in [7, 11) is 3.12. The zero-order chi connectivity index (χ0) is 17.4. The van der Waals surface area contributed by atoms with E-state index < -0.39 is 12.0 Å². The van der Waals surface area contributed by atoms with Gasteiger partial charge in [-0.05, 0) is 24.6 Å². The summed E-state index contributed by atoms with van der Waals surface area (Å²) in [5.74, 6) is 0.746. The van der Waals surface area contributed by atoms with E-state index >= 15 is 0 Å². The molecule has 0 spiro atoms.